The minimum absolute atomic E-state index is 0.207. The fourth-order valence-corrected chi connectivity index (χ4v) is 4.22. The maximum absolute atomic E-state index is 13.6. The van der Waals surface area contributed by atoms with Crippen LogP contribution in [-0.4, -0.2) is 40.9 Å². The monoisotopic (exact) mass is 443 g/mol. The van der Waals surface area contributed by atoms with Crippen molar-refractivity contribution in [3.63, 3.8) is 0 Å². The minimum Gasteiger partial charge on any atom is -0.381 e. The molecule has 2 amide bonds. The average Bonchev–Trinajstić information content (AvgIpc) is 2.99. The third kappa shape index (κ3) is 4.60. The number of hydrogen-bond donors (Lipinski definition) is 2. The molecule has 1 saturated heterocycles. The molecule has 32 heavy (non-hydrogen) atoms. The molecule has 2 heterocycles. The number of amides is 2. The Labute approximate surface area is 187 Å². The number of ketones is 1. The number of ether oxygens (including phenoxy) is 1. The number of aryl methyl sites for hydroxylation is 1. The van der Waals surface area contributed by atoms with Crippen LogP contribution in [-0.2, 0) is 16.1 Å². The first-order valence-electron chi connectivity index (χ1n) is 10.8. The van der Waals surface area contributed by atoms with Gasteiger partial charge in [-0.25, -0.2) is 4.39 Å². The topological polar surface area (TPSA) is 89.4 Å². The van der Waals surface area contributed by atoms with Gasteiger partial charge in [-0.15, -0.1) is 0 Å². The molecule has 2 aromatic rings. The summed E-state index contributed by atoms with van der Waals surface area (Å²) in [6, 6.07) is 4.32. The van der Waals surface area contributed by atoms with Crippen molar-refractivity contribution in [2.45, 2.75) is 59.5 Å². The Hall–Kier alpha value is -3.00. The highest BCUT2D eigenvalue weighted by atomic mass is 19.1. The molecule has 172 valence electrons. The number of nitrogens with zero attached hydrogens (tertiary/aromatic N) is 1. The summed E-state index contributed by atoms with van der Waals surface area (Å²) in [5, 5.41) is 5.63. The molecule has 0 unspecified atom stereocenters. The number of aromatic nitrogens is 1. The molecule has 2 N–H and O–H groups in total. The summed E-state index contributed by atoms with van der Waals surface area (Å²) in [5.41, 5.74) is 1.94. The smallest absolute Gasteiger partial charge is 0.294 e. The quantitative estimate of drug-likeness (QED) is 0.526. The van der Waals surface area contributed by atoms with E-state index < -0.39 is 23.1 Å². The van der Waals surface area contributed by atoms with Crippen molar-refractivity contribution in [2.75, 3.05) is 18.5 Å². The first-order chi connectivity index (χ1) is 15.1. The third-order valence-electron chi connectivity index (χ3n) is 6.16. The first-order valence-corrected chi connectivity index (χ1v) is 10.8. The van der Waals surface area contributed by atoms with Gasteiger partial charge in [-0.3, -0.25) is 14.4 Å². The van der Waals surface area contributed by atoms with Gasteiger partial charge in [-0.2, -0.15) is 0 Å². The number of rotatable bonds is 6. The lowest BCUT2D eigenvalue weighted by molar-refractivity contribution is -0.119. The standard InChI is InChI=1S/C24H30FN3O4/c1-6-28-16(4)19(22(30)26-17-7-8-18(25)14(2)13-17)15(3)20(28)21(29)23(31)27-24(5)9-11-32-12-10-24/h7-8,13H,6,9-12H2,1-5H3,(H,26,30)(H,27,31). The molecule has 0 spiro atoms. The number of carbonyl (C=O) groups is 3. The van der Waals surface area contributed by atoms with E-state index in [0.717, 1.165) is 0 Å². The van der Waals surface area contributed by atoms with Crippen molar-refractivity contribution in [1.29, 1.82) is 0 Å². The van der Waals surface area contributed by atoms with Crippen molar-refractivity contribution < 1.29 is 23.5 Å². The summed E-state index contributed by atoms with van der Waals surface area (Å²) in [4.78, 5) is 39.0. The van der Waals surface area contributed by atoms with Gasteiger partial charge < -0.3 is 19.9 Å². The van der Waals surface area contributed by atoms with Gasteiger partial charge in [0.15, 0.2) is 0 Å². The van der Waals surface area contributed by atoms with E-state index >= 15 is 0 Å². The summed E-state index contributed by atoms with van der Waals surface area (Å²) in [6.07, 6.45) is 1.26. The van der Waals surface area contributed by atoms with Crippen molar-refractivity contribution in [2.24, 2.45) is 0 Å². The maximum atomic E-state index is 13.6. The number of hydrogen-bond acceptors (Lipinski definition) is 4. The number of halogens is 1. The average molecular weight is 444 g/mol. The van der Waals surface area contributed by atoms with Crippen LogP contribution < -0.4 is 10.6 Å². The molecular formula is C24H30FN3O4. The zero-order valence-corrected chi connectivity index (χ0v) is 19.2. The molecular weight excluding hydrogens is 413 g/mol. The van der Waals surface area contributed by atoms with Crippen molar-refractivity contribution >= 4 is 23.3 Å². The molecule has 1 aliphatic rings. The van der Waals surface area contributed by atoms with Gasteiger partial charge in [0.2, 0.25) is 0 Å². The molecule has 0 radical (unpaired) electrons. The highest BCUT2D eigenvalue weighted by Crippen LogP contribution is 2.26. The highest BCUT2D eigenvalue weighted by molar-refractivity contribution is 6.43. The number of carbonyl (C=O) groups excluding carboxylic acids is 3. The molecule has 7 nitrogen and oxygen atoms in total. The fraction of sp³-hybridized carbons (Fsp3) is 0.458. The van der Waals surface area contributed by atoms with Gasteiger partial charge in [0, 0.05) is 36.7 Å². The zero-order chi connectivity index (χ0) is 23.6. The number of benzene rings is 1. The number of anilines is 1. The number of Topliss-reactive ketones (excluding diaryl/α,β-unsaturated/α-hetero) is 1. The minimum atomic E-state index is -0.689. The summed E-state index contributed by atoms with van der Waals surface area (Å²) in [5.74, 6) is -2.13. The zero-order valence-electron chi connectivity index (χ0n) is 19.2. The van der Waals surface area contributed by atoms with Crippen LogP contribution in [0.2, 0.25) is 0 Å². The molecule has 0 saturated carbocycles. The normalized spacial score (nSPS) is 15.3. The van der Waals surface area contributed by atoms with Gasteiger partial charge in [-0.1, -0.05) is 0 Å². The Bertz CT molecular complexity index is 1070. The summed E-state index contributed by atoms with van der Waals surface area (Å²) >= 11 is 0. The van der Waals surface area contributed by atoms with Crippen molar-refractivity contribution in [1.82, 2.24) is 9.88 Å². The van der Waals surface area contributed by atoms with Crippen LogP contribution in [0, 0.1) is 26.6 Å². The second-order valence-corrected chi connectivity index (χ2v) is 8.55. The molecule has 1 aliphatic heterocycles. The molecule has 8 heteroatoms. The Balaban J connectivity index is 1.89. The molecule has 3 rings (SSSR count). The maximum Gasteiger partial charge on any atom is 0.294 e. The number of nitrogens with one attached hydrogen (secondary N) is 2. The first kappa shape index (κ1) is 23.7. The lowest BCUT2D eigenvalue weighted by Crippen LogP contribution is -2.51. The highest BCUT2D eigenvalue weighted by Gasteiger charge is 2.34. The van der Waals surface area contributed by atoms with Crippen LogP contribution in [0.15, 0.2) is 18.2 Å². The fourth-order valence-electron chi connectivity index (χ4n) is 4.22. The largest absolute Gasteiger partial charge is 0.381 e. The van der Waals surface area contributed by atoms with Crippen molar-refractivity contribution in [3.05, 3.63) is 52.1 Å². The molecule has 0 atom stereocenters. The van der Waals surface area contributed by atoms with Gasteiger partial charge in [0.05, 0.1) is 11.3 Å². The second kappa shape index (κ2) is 9.24. The Morgan fingerprint density at radius 2 is 1.81 bits per heavy atom. The molecule has 1 aromatic heterocycles. The van der Waals surface area contributed by atoms with Crippen molar-refractivity contribution in [3.8, 4) is 0 Å². The van der Waals surface area contributed by atoms with Gasteiger partial charge >= 0.3 is 0 Å². The van der Waals surface area contributed by atoms with E-state index in [4.69, 9.17) is 4.74 Å². The predicted molar refractivity (Wildman–Crippen MR) is 120 cm³/mol. The summed E-state index contributed by atoms with van der Waals surface area (Å²) < 4.78 is 20.6. The lowest BCUT2D eigenvalue weighted by Gasteiger charge is -2.34. The van der Waals surface area contributed by atoms with Gasteiger partial charge in [0.1, 0.15) is 5.82 Å². The Kier molecular flexibility index (Phi) is 6.83. The van der Waals surface area contributed by atoms with E-state index in [9.17, 15) is 18.8 Å². The van der Waals surface area contributed by atoms with Crippen LogP contribution in [0.1, 0.15) is 64.4 Å². The van der Waals surface area contributed by atoms with E-state index in [1.54, 1.807) is 31.4 Å². The summed E-state index contributed by atoms with van der Waals surface area (Å²) in [6.45, 7) is 10.3. The van der Waals surface area contributed by atoms with Gasteiger partial charge in [-0.05, 0) is 76.8 Å². The Morgan fingerprint density at radius 3 is 2.41 bits per heavy atom. The van der Waals surface area contributed by atoms with E-state index in [0.29, 0.717) is 60.7 Å². The van der Waals surface area contributed by atoms with Crippen LogP contribution >= 0.6 is 0 Å². The molecule has 0 bridgehead atoms. The van der Waals surface area contributed by atoms with Crippen LogP contribution in [0.25, 0.3) is 0 Å². The molecule has 0 aliphatic carbocycles. The predicted octanol–water partition coefficient (Wildman–Crippen LogP) is 3.69. The summed E-state index contributed by atoms with van der Waals surface area (Å²) in [7, 11) is 0. The van der Waals surface area contributed by atoms with E-state index in [-0.39, 0.29) is 11.5 Å². The van der Waals surface area contributed by atoms with E-state index in [1.165, 1.54) is 12.1 Å². The van der Waals surface area contributed by atoms with E-state index in [1.807, 2.05) is 13.8 Å². The van der Waals surface area contributed by atoms with Crippen LogP contribution in [0.3, 0.4) is 0 Å². The molecule has 1 aromatic carbocycles. The molecule has 1 fully saturated rings. The lowest BCUT2D eigenvalue weighted by atomic mass is 9.92. The second-order valence-electron chi connectivity index (χ2n) is 8.55. The third-order valence-corrected chi connectivity index (χ3v) is 6.16. The van der Waals surface area contributed by atoms with E-state index in [2.05, 4.69) is 10.6 Å². The van der Waals surface area contributed by atoms with Gasteiger partial charge in [0.25, 0.3) is 17.6 Å². The van der Waals surface area contributed by atoms with Crippen LogP contribution in [0.4, 0.5) is 10.1 Å². The Morgan fingerprint density at radius 1 is 1.16 bits per heavy atom. The van der Waals surface area contributed by atoms with Crippen LogP contribution in [0.5, 0.6) is 0 Å². The SMILES string of the molecule is CCn1c(C)c(C(=O)Nc2ccc(F)c(C)c2)c(C)c1C(=O)C(=O)NC1(C)CCOCC1.